The molecule has 0 bridgehead atoms. The summed E-state index contributed by atoms with van der Waals surface area (Å²) in [6, 6.07) is 13.1. The van der Waals surface area contributed by atoms with Gasteiger partial charge in [-0.05, 0) is 18.2 Å². The fourth-order valence-electron chi connectivity index (χ4n) is 2.06. The van der Waals surface area contributed by atoms with Crippen LogP contribution in [0.5, 0.6) is 5.75 Å². The molecule has 0 aliphatic carbocycles. The molecule has 2 heterocycles. The Hall–Kier alpha value is -2.62. The third-order valence-corrected chi connectivity index (χ3v) is 3.02. The summed E-state index contributed by atoms with van der Waals surface area (Å²) in [5.74, 6) is 0.761. The van der Waals surface area contributed by atoms with E-state index in [0.717, 1.165) is 17.0 Å². The van der Waals surface area contributed by atoms with Crippen LogP contribution in [0, 0.1) is 0 Å². The lowest BCUT2D eigenvalue weighted by Gasteiger charge is -2.03. The van der Waals surface area contributed by atoms with Crippen LogP contribution in [-0.2, 0) is 0 Å². The standard InChI is InChI=1S/C15H12N2O2/c1-19-12-6-4-5-11(9-12)13-10-17-8-3-2-7-14(17)15(18)16-13/h2-10H,1H3/p+1. The lowest BCUT2D eigenvalue weighted by atomic mass is 10.1. The molecule has 0 aliphatic rings. The van der Waals surface area contributed by atoms with Crippen LogP contribution in [0.3, 0.4) is 0 Å². The van der Waals surface area contributed by atoms with Crippen molar-refractivity contribution in [3.8, 4) is 17.0 Å². The van der Waals surface area contributed by atoms with Crippen molar-refractivity contribution in [1.29, 1.82) is 0 Å². The summed E-state index contributed by atoms with van der Waals surface area (Å²) in [4.78, 5) is 14.9. The van der Waals surface area contributed by atoms with Gasteiger partial charge in [0.25, 0.3) is 5.52 Å². The quantitative estimate of drug-likeness (QED) is 0.708. The Morgan fingerprint density at radius 1 is 1.16 bits per heavy atom. The smallest absolute Gasteiger partial charge is 0.321 e. The molecule has 0 fully saturated rings. The van der Waals surface area contributed by atoms with Gasteiger partial charge in [0.15, 0.2) is 12.4 Å². The molecule has 4 heteroatoms. The van der Waals surface area contributed by atoms with Gasteiger partial charge in [0.1, 0.15) is 11.4 Å². The third kappa shape index (κ3) is 2.08. The second-order valence-corrected chi connectivity index (χ2v) is 4.22. The van der Waals surface area contributed by atoms with E-state index >= 15 is 0 Å². The molecule has 0 spiro atoms. The summed E-state index contributed by atoms with van der Waals surface area (Å²) in [7, 11) is 1.62. The van der Waals surface area contributed by atoms with E-state index in [-0.39, 0.29) is 5.56 Å². The lowest BCUT2D eigenvalue weighted by molar-refractivity contribution is -0.512. The van der Waals surface area contributed by atoms with Gasteiger partial charge in [0.2, 0.25) is 0 Å². The number of fused-ring (bicyclic) bond motifs is 1. The summed E-state index contributed by atoms with van der Waals surface area (Å²) in [5, 5.41) is 0. The lowest BCUT2D eigenvalue weighted by Crippen LogP contribution is -2.29. The van der Waals surface area contributed by atoms with Crippen molar-refractivity contribution in [2.24, 2.45) is 0 Å². The monoisotopic (exact) mass is 253 g/mol. The van der Waals surface area contributed by atoms with Crippen molar-refractivity contribution in [2.45, 2.75) is 0 Å². The summed E-state index contributed by atoms with van der Waals surface area (Å²) < 4.78 is 7.01. The third-order valence-electron chi connectivity index (χ3n) is 3.02. The number of aromatic amines is 1. The van der Waals surface area contributed by atoms with E-state index in [9.17, 15) is 4.79 Å². The van der Waals surface area contributed by atoms with E-state index in [0.29, 0.717) is 5.52 Å². The molecule has 3 aromatic rings. The number of hydrogen-bond acceptors (Lipinski definition) is 2. The number of hydrogen-bond donors (Lipinski definition) is 1. The molecule has 2 aromatic heterocycles. The number of aromatic nitrogens is 2. The maximum absolute atomic E-state index is 12.0. The first kappa shape index (κ1) is 11.5. The molecule has 0 radical (unpaired) electrons. The zero-order valence-electron chi connectivity index (χ0n) is 10.5. The number of ether oxygens (including phenoxy) is 1. The van der Waals surface area contributed by atoms with Gasteiger partial charge in [0.05, 0.1) is 7.11 Å². The summed E-state index contributed by atoms with van der Waals surface area (Å²) in [6.45, 7) is 0. The van der Waals surface area contributed by atoms with Crippen molar-refractivity contribution in [2.75, 3.05) is 7.11 Å². The average molecular weight is 253 g/mol. The van der Waals surface area contributed by atoms with Crippen LogP contribution in [0.15, 0.2) is 59.7 Å². The van der Waals surface area contributed by atoms with Crippen molar-refractivity contribution in [3.05, 3.63) is 65.2 Å². The van der Waals surface area contributed by atoms with E-state index in [4.69, 9.17) is 4.74 Å². The predicted molar refractivity (Wildman–Crippen MR) is 72.2 cm³/mol. The minimum atomic E-state index is -0.110. The van der Waals surface area contributed by atoms with Gasteiger partial charge >= 0.3 is 5.56 Å². The SMILES string of the molecule is COc1cccc(-c2c[n+]3ccccc3c(=O)[nH]2)c1. The van der Waals surface area contributed by atoms with Crippen molar-refractivity contribution < 1.29 is 9.14 Å². The van der Waals surface area contributed by atoms with Gasteiger partial charge in [-0.2, -0.15) is 4.40 Å². The molecule has 0 saturated carbocycles. The molecule has 0 unspecified atom stereocenters. The highest BCUT2D eigenvalue weighted by Gasteiger charge is 2.10. The van der Waals surface area contributed by atoms with Crippen LogP contribution < -0.4 is 14.7 Å². The van der Waals surface area contributed by atoms with Gasteiger partial charge in [-0.15, -0.1) is 0 Å². The first-order chi connectivity index (χ1) is 9.28. The number of methoxy groups -OCH3 is 1. The Labute approximate surface area is 109 Å². The molecule has 0 aliphatic heterocycles. The summed E-state index contributed by atoms with van der Waals surface area (Å²) in [6.07, 6.45) is 3.75. The fourth-order valence-corrected chi connectivity index (χ4v) is 2.06. The number of H-pyrrole nitrogens is 1. The van der Waals surface area contributed by atoms with Gasteiger partial charge in [0, 0.05) is 17.7 Å². The van der Waals surface area contributed by atoms with Crippen LogP contribution in [-0.4, -0.2) is 12.1 Å². The Bertz CT molecular complexity index is 793. The highest BCUT2D eigenvalue weighted by Crippen LogP contribution is 2.20. The molecule has 0 saturated heterocycles. The normalized spacial score (nSPS) is 10.6. The number of benzene rings is 1. The summed E-state index contributed by atoms with van der Waals surface area (Å²) >= 11 is 0. The molecule has 0 atom stereocenters. The minimum absolute atomic E-state index is 0.110. The first-order valence-electron chi connectivity index (χ1n) is 5.96. The maximum Gasteiger partial charge on any atom is 0.321 e. The van der Waals surface area contributed by atoms with Gasteiger partial charge in [-0.1, -0.05) is 12.1 Å². The molecule has 1 aromatic carbocycles. The Morgan fingerprint density at radius 2 is 2.05 bits per heavy atom. The molecule has 19 heavy (non-hydrogen) atoms. The van der Waals surface area contributed by atoms with Crippen LogP contribution in [0.1, 0.15) is 0 Å². The van der Waals surface area contributed by atoms with Crippen LogP contribution in [0.2, 0.25) is 0 Å². The first-order valence-corrected chi connectivity index (χ1v) is 5.96. The van der Waals surface area contributed by atoms with Crippen molar-refractivity contribution in [1.82, 2.24) is 4.98 Å². The largest absolute Gasteiger partial charge is 0.497 e. The number of rotatable bonds is 2. The Kier molecular flexibility index (Phi) is 2.76. The average Bonchev–Trinajstić information content (AvgIpc) is 2.47. The maximum atomic E-state index is 12.0. The molecule has 3 rings (SSSR count). The molecule has 1 N–H and O–H groups in total. The van der Waals surface area contributed by atoms with Gasteiger partial charge < -0.3 is 9.72 Å². The van der Waals surface area contributed by atoms with Crippen molar-refractivity contribution >= 4 is 5.52 Å². The minimum Gasteiger partial charge on any atom is -0.497 e. The zero-order valence-corrected chi connectivity index (χ0v) is 10.5. The highest BCUT2D eigenvalue weighted by atomic mass is 16.5. The van der Waals surface area contributed by atoms with Gasteiger partial charge in [-0.25, -0.2) is 0 Å². The predicted octanol–water partition coefficient (Wildman–Crippen LogP) is 1.79. The summed E-state index contributed by atoms with van der Waals surface area (Å²) in [5.41, 5.74) is 2.18. The highest BCUT2D eigenvalue weighted by molar-refractivity contribution is 5.60. The second-order valence-electron chi connectivity index (χ2n) is 4.22. The number of nitrogens with zero attached hydrogens (tertiary/aromatic N) is 1. The second kappa shape index (κ2) is 4.57. The van der Waals surface area contributed by atoms with E-state index in [2.05, 4.69) is 4.98 Å². The Balaban J connectivity index is 2.22. The molecule has 0 amide bonds. The molecular weight excluding hydrogens is 240 g/mol. The van der Waals surface area contributed by atoms with Gasteiger partial charge in [-0.3, -0.25) is 4.79 Å². The topological polar surface area (TPSA) is 46.2 Å². The van der Waals surface area contributed by atoms with E-state index in [1.807, 2.05) is 53.2 Å². The fraction of sp³-hybridized carbons (Fsp3) is 0.0667. The van der Waals surface area contributed by atoms with Crippen LogP contribution >= 0.6 is 0 Å². The van der Waals surface area contributed by atoms with E-state index < -0.39 is 0 Å². The van der Waals surface area contributed by atoms with Crippen LogP contribution in [0.25, 0.3) is 16.8 Å². The van der Waals surface area contributed by atoms with E-state index in [1.165, 1.54) is 0 Å². The van der Waals surface area contributed by atoms with E-state index in [1.54, 1.807) is 13.2 Å². The molecule has 94 valence electrons. The number of pyridine rings is 1. The molecule has 4 nitrogen and oxygen atoms in total. The number of nitrogens with one attached hydrogen (secondary N) is 1. The Morgan fingerprint density at radius 3 is 2.89 bits per heavy atom. The van der Waals surface area contributed by atoms with Crippen molar-refractivity contribution in [3.63, 3.8) is 0 Å². The van der Waals surface area contributed by atoms with Crippen LogP contribution in [0.4, 0.5) is 0 Å². The molecular formula is C15H13N2O2+. The zero-order chi connectivity index (χ0) is 13.2.